The molecule has 0 saturated heterocycles. The fourth-order valence-electron chi connectivity index (χ4n) is 2.11. The first-order chi connectivity index (χ1) is 12.1. The van der Waals surface area contributed by atoms with Crippen LogP contribution in [-0.2, 0) is 11.2 Å². The third-order valence-corrected chi connectivity index (χ3v) is 5.18. The number of carbonyl (C=O) groups is 1. The van der Waals surface area contributed by atoms with E-state index in [0.29, 0.717) is 22.8 Å². The number of benzene rings is 1. The molecule has 3 aromatic rings. The van der Waals surface area contributed by atoms with E-state index in [2.05, 4.69) is 26.6 Å². The number of nitriles is 1. The van der Waals surface area contributed by atoms with Gasteiger partial charge in [-0.3, -0.25) is 9.89 Å². The molecule has 0 aliphatic heterocycles. The summed E-state index contributed by atoms with van der Waals surface area (Å²) in [5, 5.41) is 21.0. The van der Waals surface area contributed by atoms with Crippen LogP contribution < -0.4 is 5.32 Å². The van der Waals surface area contributed by atoms with E-state index in [1.54, 1.807) is 42.5 Å². The smallest absolute Gasteiger partial charge is 0.237 e. The third kappa shape index (κ3) is 4.68. The first kappa shape index (κ1) is 17.2. The molecule has 1 unspecified atom stereocenters. The van der Waals surface area contributed by atoms with E-state index in [4.69, 9.17) is 5.26 Å². The molecule has 1 atom stereocenters. The molecule has 6 nitrogen and oxygen atoms in total. The summed E-state index contributed by atoms with van der Waals surface area (Å²) in [5.41, 5.74) is 1.11. The van der Waals surface area contributed by atoms with Gasteiger partial charge in [-0.1, -0.05) is 23.9 Å². The molecular formula is C17H15N5OS2. The molecule has 0 aliphatic carbocycles. The van der Waals surface area contributed by atoms with Crippen LogP contribution in [0, 0.1) is 11.3 Å². The number of amides is 1. The lowest BCUT2D eigenvalue weighted by Crippen LogP contribution is -2.22. The minimum atomic E-state index is -0.365. The fraction of sp³-hybridized carbons (Fsp3) is 0.176. The fourth-order valence-corrected chi connectivity index (χ4v) is 3.56. The van der Waals surface area contributed by atoms with Gasteiger partial charge in [0.2, 0.25) is 11.1 Å². The summed E-state index contributed by atoms with van der Waals surface area (Å²) in [6.45, 7) is 1.80. The van der Waals surface area contributed by atoms with Crippen molar-refractivity contribution >= 4 is 34.7 Å². The van der Waals surface area contributed by atoms with Gasteiger partial charge in [0, 0.05) is 17.0 Å². The Kier molecular flexibility index (Phi) is 5.48. The van der Waals surface area contributed by atoms with Crippen LogP contribution in [-0.4, -0.2) is 26.3 Å². The van der Waals surface area contributed by atoms with Crippen LogP contribution in [0.25, 0.3) is 0 Å². The van der Waals surface area contributed by atoms with Gasteiger partial charge in [-0.25, -0.2) is 4.98 Å². The number of thioether (sulfide) groups is 1. The van der Waals surface area contributed by atoms with Crippen LogP contribution in [0.2, 0.25) is 0 Å². The van der Waals surface area contributed by atoms with E-state index in [-0.39, 0.29) is 11.2 Å². The number of nitrogens with zero attached hydrogens (tertiary/aromatic N) is 3. The summed E-state index contributed by atoms with van der Waals surface area (Å²) < 4.78 is 0. The first-order valence-electron chi connectivity index (χ1n) is 7.55. The van der Waals surface area contributed by atoms with Gasteiger partial charge in [0.15, 0.2) is 0 Å². The van der Waals surface area contributed by atoms with Gasteiger partial charge in [-0.2, -0.15) is 5.26 Å². The van der Waals surface area contributed by atoms with Gasteiger partial charge in [0.25, 0.3) is 0 Å². The molecule has 3 rings (SSSR count). The van der Waals surface area contributed by atoms with E-state index < -0.39 is 0 Å². The van der Waals surface area contributed by atoms with Crippen molar-refractivity contribution in [1.29, 1.82) is 5.26 Å². The standard InChI is InChI=1S/C17H15N5OS2/c1-11(16(23)19-13-5-2-4-12(8-13)10-18)25-17-20-15(21-22-17)9-14-6-3-7-24-14/h2-8,11H,9H2,1H3,(H,19,23)(H,20,21,22). The lowest BCUT2D eigenvalue weighted by Gasteiger charge is -2.10. The van der Waals surface area contributed by atoms with Crippen molar-refractivity contribution in [2.75, 3.05) is 5.32 Å². The summed E-state index contributed by atoms with van der Waals surface area (Å²) in [5.74, 6) is 0.615. The summed E-state index contributed by atoms with van der Waals surface area (Å²) in [6.07, 6.45) is 0.701. The second kappa shape index (κ2) is 7.96. The van der Waals surface area contributed by atoms with Crippen LogP contribution in [0.4, 0.5) is 5.69 Å². The second-order valence-electron chi connectivity index (χ2n) is 5.26. The van der Waals surface area contributed by atoms with Gasteiger partial charge in [0.1, 0.15) is 5.82 Å². The van der Waals surface area contributed by atoms with Crippen molar-refractivity contribution in [2.24, 2.45) is 0 Å². The molecule has 0 spiro atoms. The number of H-pyrrole nitrogens is 1. The minimum absolute atomic E-state index is 0.162. The molecule has 2 N–H and O–H groups in total. The number of anilines is 1. The van der Waals surface area contributed by atoms with E-state index in [0.717, 1.165) is 5.82 Å². The molecule has 0 bridgehead atoms. The van der Waals surface area contributed by atoms with Crippen LogP contribution in [0.5, 0.6) is 0 Å². The molecule has 126 valence electrons. The molecule has 1 aromatic carbocycles. The van der Waals surface area contributed by atoms with Gasteiger partial charge in [-0.15, -0.1) is 16.4 Å². The maximum absolute atomic E-state index is 12.3. The van der Waals surface area contributed by atoms with Crippen molar-refractivity contribution in [3.63, 3.8) is 0 Å². The van der Waals surface area contributed by atoms with E-state index >= 15 is 0 Å². The highest BCUT2D eigenvalue weighted by atomic mass is 32.2. The number of nitrogens with one attached hydrogen (secondary N) is 2. The molecule has 0 radical (unpaired) electrons. The Labute approximate surface area is 153 Å². The van der Waals surface area contributed by atoms with Gasteiger partial charge >= 0.3 is 0 Å². The highest BCUT2D eigenvalue weighted by Crippen LogP contribution is 2.22. The van der Waals surface area contributed by atoms with Crippen LogP contribution in [0.3, 0.4) is 0 Å². The second-order valence-corrected chi connectivity index (χ2v) is 7.60. The third-order valence-electron chi connectivity index (χ3n) is 3.34. The summed E-state index contributed by atoms with van der Waals surface area (Å²) in [4.78, 5) is 17.9. The average molecular weight is 369 g/mol. The molecule has 2 heterocycles. The molecule has 1 amide bonds. The monoisotopic (exact) mass is 369 g/mol. The molecule has 0 aliphatic rings. The predicted molar refractivity (Wildman–Crippen MR) is 98.6 cm³/mol. The molecule has 25 heavy (non-hydrogen) atoms. The Hall–Kier alpha value is -2.63. The molecule has 8 heteroatoms. The topological polar surface area (TPSA) is 94.5 Å². The maximum Gasteiger partial charge on any atom is 0.237 e. The number of hydrogen-bond donors (Lipinski definition) is 2. The summed E-state index contributed by atoms with van der Waals surface area (Å²) >= 11 is 2.96. The van der Waals surface area contributed by atoms with Crippen molar-refractivity contribution in [3.05, 3.63) is 58.0 Å². The highest BCUT2D eigenvalue weighted by molar-refractivity contribution is 8.00. The number of thiophene rings is 1. The van der Waals surface area contributed by atoms with Gasteiger partial charge in [0.05, 0.1) is 16.9 Å². The van der Waals surface area contributed by atoms with Crippen molar-refractivity contribution in [2.45, 2.75) is 23.8 Å². The number of hydrogen-bond acceptors (Lipinski definition) is 6. The Balaban J connectivity index is 1.58. The lowest BCUT2D eigenvalue weighted by molar-refractivity contribution is -0.115. The zero-order valence-corrected chi connectivity index (χ0v) is 15.0. The molecule has 0 fully saturated rings. The molecular weight excluding hydrogens is 354 g/mol. The van der Waals surface area contributed by atoms with Gasteiger partial charge in [-0.05, 0) is 36.6 Å². The zero-order valence-electron chi connectivity index (χ0n) is 13.4. The van der Waals surface area contributed by atoms with Crippen molar-refractivity contribution in [1.82, 2.24) is 15.2 Å². The van der Waals surface area contributed by atoms with E-state index in [9.17, 15) is 4.79 Å². The van der Waals surface area contributed by atoms with Crippen molar-refractivity contribution < 1.29 is 4.79 Å². The normalized spacial score (nSPS) is 11.7. The Morgan fingerprint density at radius 2 is 2.32 bits per heavy atom. The Morgan fingerprint density at radius 1 is 1.44 bits per heavy atom. The predicted octanol–water partition coefficient (Wildman–Crippen LogP) is 3.45. The number of aromatic amines is 1. The lowest BCUT2D eigenvalue weighted by atomic mass is 10.2. The average Bonchev–Trinajstić information content (AvgIpc) is 3.27. The minimum Gasteiger partial charge on any atom is -0.325 e. The zero-order chi connectivity index (χ0) is 17.6. The maximum atomic E-state index is 12.3. The first-order valence-corrected chi connectivity index (χ1v) is 9.31. The number of aromatic nitrogens is 3. The van der Waals surface area contributed by atoms with Crippen LogP contribution in [0.15, 0.2) is 46.9 Å². The Morgan fingerprint density at radius 3 is 3.08 bits per heavy atom. The number of rotatable bonds is 6. The van der Waals surface area contributed by atoms with Crippen LogP contribution >= 0.6 is 23.1 Å². The van der Waals surface area contributed by atoms with E-state index in [1.807, 2.05) is 17.5 Å². The Bertz CT molecular complexity index is 898. The van der Waals surface area contributed by atoms with E-state index in [1.165, 1.54) is 16.6 Å². The largest absolute Gasteiger partial charge is 0.325 e. The SMILES string of the molecule is CC(Sc1n[nH]c(Cc2cccs2)n1)C(=O)Nc1cccc(C#N)c1. The van der Waals surface area contributed by atoms with Crippen molar-refractivity contribution in [3.8, 4) is 6.07 Å². The number of carbonyl (C=O) groups excluding carboxylic acids is 1. The molecule has 2 aromatic heterocycles. The highest BCUT2D eigenvalue weighted by Gasteiger charge is 2.17. The summed E-state index contributed by atoms with van der Waals surface area (Å²) in [6, 6.07) is 12.9. The van der Waals surface area contributed by atoms with Crippen LogP contribution in [0.1, 0.15) is 23.2 Å². The summed E-state index contributed by atoms with van der Waals surface area (Å²) in [7, 11) is 0. The van der Waals surface area contributed by atoms with Gasteiger partial charge < -0.3 is 5.32 Å². The quantitative estimate of drug-likeness (QED) is 0.649. The molecule has 0 saturated carbocycles.